The maximum absolute atomic E-state index is 6.49. The van der Waals surface area contributed by atoms with Crippen LogP contribution in [0.3, 0.4) is 0 Å². The summed E-state index contributed by atoms with van der Waals surface area (Å²) in [6.07, 6.45) is 0. The maximum Gasteiger partial charge on any atom is 0.137 e. The van der Waals surface area contributed by atoms with E-state index in [2.05, 4.69) is 187 Å². The minimum absolute atomic E-state index is 0.846. The molecule has 0 aliphatic rings. The van der Waals surface area contributed by atoms with E-state index in [9.17, 15) is 0 Å². The third-order valence-electron chi connectivity index (χ3n) is 10.5. The highest BCUT2D eigenvalue weighted by molar-refractivity contribution is 6.21. The Morgan fingerprint density at radius 2 is 1.10 bits per heavy atom. The van der Waals surface area contributed by atoms with E-state index in [0.717, 1.165) is 71.9 Å². The number of aromatic nitrogens is 2. The molecule has 0 aliphatic carbocycles. The summed E-state index contributed by atoms with van der Waals surface area (Å²) in [5.74, 6) is 0. The summed E-state index contributed by atoms with van der Waals surface area (Å²) in [7, 11) is 0. The predicted octanol–water partition coefficient (Wildman–Crippen LogP) is 13.4. The van der Waals surface area contributed by atoms with E-state index in [1.807, 2.05) is 0 Å². The smallest absolute Gasteiger partial charge is 0.137 e. The summed E-state index contributed by atoms with van der Waals surface area (Å²) in [6, 6.07) is 64.9. The van der Waals surface area contributed by atoms with Gasteiger partial charge in [0.2, 0.25) is 0 Å². The molecular formula is C49H30N2O. The van der Waals surface area contributed by atoms with Gasteiger partial charge in [0.25, 0.3) is 0 Å². The number of benzene rings is 8. The van der Waals surface area contributed by atoms with Crippen molar-refractivity contribution in [2.75, 3.05) is 0 Å². The van der Waals surface area contributed by atoms with Crippen molar-refractivity contribution in [3.8, 4) is 39.2 Å². The van der Waals surface area contributed by atoms with Crippen LogP contribution >= 0.6 is 0 Å². The van der Waals surface area contributed by atoms with Crippen LogP contribution in [0.4, 0.5) is 0 Å². The topological polar surface area (TPSA) is 31.0 Å². The van der Waals surface area contributed by atoms with Crippen LogP contribution in [0.5, 0.6) is 0 Å². The Morgan fingerprint density at radius 3 is 1.96 bits per heavy atom. The van der Waals surface area contributed by atoms with Crippen LogP contribution in [0.1, 0.15) is 0 Å². The van der Waals surface area contributed by atoms with Crippen molar-refractivity contribution >= 4 is 65.4 Å². The fourth-order valence-corrected chi connectivity index (χ4v) is 8.11. The highest BCUT2D eigenvalue weighted by Crippen LogP contribution is 2.41. The van der Waals surface area contributed by atoms with Gasteiger partial charge in [0, 0.05) is 32.8 Å². The van der Waals surface area contributed by atoms with Crippen molar-refractivity contribution in [2.24, 2.45) is 0 Å². The molecule has 0 radical (unpaired) electrons. The van der Waals surface area contributed by atoms with Crippen LogP contribution in [0.15, 0.2) is 186 Å². The lowest BCUT2D eigenvalue weighted by molar-refractivity contribution is 0.669. The molecule has 0 saturated carbocycles. The van der Waals surface area contributed by atoms with E-state index < -0.39 is 0 Å². The Bertz CT molecular complexity index is 3170. The zero-order chi connectivity index (χ0) is 34.2. The number of rotatable bonds is 4. The fourth-order valence-electron chi connectivity index (χ4n) is 8.11. The van der Waals surface area contributed by atoms with E-state index >= 15 is 0 Å². The SMILES string of the molecule is c1ccc(-c2cc(-c3cccc(-c4ccc5c(c4)c4ccccc4n5-c4ccccc4)c3)nc3c2ccc2oc4cc5ccccc5cc4c23)cc1. The third kappa shape index (κ3) is 4.43. The maximum atomic E-state index is 6.49. The quantitative estimate of drug-likeness (QED) is 0.188. The fraction of sp³-hybridized carbons (Fsp3) is 0. The van der Waals surface area contributed by atoms with Gasteiger partial charge in [-0.15, -0.1) is 0 Å². The molecule has 3 aromatic heterocycles. The monoisotopic (exact) mass is 662 g/mol. The molecule has 0 fully saturated rings. The van der Waals surface area contributed by atoms with Crippen molar-refractivity contribution in [1.82, 2.24) is 9.55 Å². The second-order valence-corrected chi connectivity index (χ2v) is 13.6. The number of pyridine rings is 1. The molecule has 242 valence electrons. The van der Waals surface area contributed by atoms with Gasteiger partial charge < -0.3 is 8.98 Å². The van der Waals surface area contributed by atoms with Gasteiger partial charge in [-0.3, -0.25) is 0 Å². The summed E-state index contributed by atoms with van der Waals surface area (Å²) < 4.78 is 8.85. The number of para-hydroxylation sites is 2. The third-order valence-corrected chi connectivity index (χ3v) is 10.5. The molecule has 0 spiro atoms. The molecular weight excluding hydrogens is 633 g/mol. The van der Waals surface area contributed by atoms with Gasteiger partial charge in [-0.2, -0.15) is 0 Å². The second kappa shape index (κ2) is 11.3. The first-order valence-electron chi connectivity index (χ1n) is 17.7. The van der Waals surface area contributed by atoms with Gasteiger partial charge in [0.05, 0.1) is 27.6 Å². The van der Waals surface area contributed by atoms with Gasteiger partial charge in [-0.25, -0.2) is 4.98 Å². The zero-order valence-corrected chi connectivity index (χ0v) is 28.1. The molecule has 0 N–H and O–H groups in total. The highest BCUT2D eigenvalue weighted by atomic mass is 16.3. The lowest BCUT2D eigenvalue weighted by Crippen LogP contribution is -1.93. The van der Waals surface area contributed by atoms with Crippen LogP contribution in [-0.4, -0.2) is 9.55 Å². The Labute approximate surface area is 299 Å². The van der Waals surface area contributed by atoms with E-state index in [1.54, 1.807) is 0 Å². The van der Waals surface area contributed by atoms with Crippen molar-refractivity contribution in [2.45, 2.75) is 0 Å². The first kappa shape index (κ1) is 28.8. The van der Waals surface area contributed by atoms with Gasteiger partial charge in [-0.1, -0.05) is 115 Å². The summed E-state index contributed by atoms with van der Waals surface area (Å²) in [5, 5.41) is 8.07. The average molecular weight is 663 g/mol. The Morgan fingerprint density at radius 1 is 0.404 bits per heavy atom. The minimum atomic E-state index is 0.846. The normalized spacial score (nSPS) is 11.8. The standard InChI is InChI=1S/C49H30N2O/c1-3-12-31(13-4-1)40-30-43(50-49-39(40)23-25-46-48(49)42-28-33-14-7-8-15-34(33)29-47(42)52-46)36-17-11-16-32(26-36)35-22-24-45-41(27-35)38-20-9-10-21-44(38)51(45)37-18-5-2-6-19-37/h1-30H. The highest BCUT2D eigenvalue weighted by Gasteiger charge is 2.18. The van der Waals surface area contributed by atoms with E-state index in [0.29, 0.717) is 0 Å². The van der Waals surface area contributed by atoms with E-state index in [1.165, 1.54) is 32.8 Å². The lowest BCUT2D eigenvalue weighted by atomic mass is 9.95. The minimum Gasteiger partial charge on any atom is -0.456 e. The number of furan rings is 1. The van der Waals surface area contributed by atoms with Crippen molar-refractivity contribution in [3.63, 3.8) is 0 Å². The number of hydrogen-bond donors (Lipinski definition) is 0. The van der Waals surface area contributed by atoms with Crippen LogP contribution in [0.25, 0.3) is 105 Å². The Hall–Kier alpha value is -6.97. The molecule has 0 amide bonds. The second-order valence-electron chi connectivity index (χ2n) is 13.6. The van der Waals surface area contributed by atoms with Crippen molar-refractivity contribution < 1.29 is 4.42 Å². The zero-order valence-electron chi connectivity index (χ0n) is 28.1. The van der Waals surface area contributed by atoms with Gasteiger partial charge >= 0.3 is 0 Å². The average Bonchev–Trinajstić information content (AvgIpc) is 3.75. The molecule has 0 bridgehead atoms. The molecule has 11 aromatic rings. The molecule has 0 saturated heterocycles. The van der Waals surface area contributed by atoms with Crippen molar-refractivity contribution in [3.05, 3.63) is 182 Å². The number of hydrogen-bond acceptors (Lipinski definition) is 2. The molecule has 8 aromatic carbocycles. The largest absolute Gasteiger partial charge is 0.456 e. The number of fused-ring (bicyclic) bond motifs is 9. The number of nitrogens with zero attached hydrogens (tertiary/aromatic N) is 2. The summed E-state index contributed by atoms with van der Waals surface area (Å²) in [5.41, 5.74) is 12.9. The van der Waals surface area contributed by atoms with Crippen LogP contribution in [0.2, 0.25) is 0 Å². The molecule has 0 atom stereocenters. The van der Waals surface area contributed by atoms with Crippen molar-refractivity contribution in [1.29, 1.82) is 0 Å². The molecule has 3 heteroatoms. The van der Waals surface area contributed by atoms with Gasteiger partial charge in [0.15, 0.2) is 0 Å². The lowest BCUT2D eigenvalue weighted by Gasteiger charge is -2.12. The molecule has 0 unspecified atom stereocenters. The van der Waals surface area contributed by atoms with E-state index in [4.69, 9.17) is 9.40 Å². The Kier molecular flexibility index (Phi) is 6.25. The molecule has 11 rings (SSSR count). The summed E-state index contributed by atoms with van der Waals surface area (Å²) in [6.45, 7) is 0. The summed E-state index contributed by atoms with van der Waals surface area (Å²) in [4.78, 5) is 5.46. The van der Waals surface area contributed by atoms with Gasteiger partial charge in [-0.05, 0) is 99.8 Å². The molecule has 3 heterocycles. The molecule has 3 nitrogen and oxygen atoms in total. The van der Waals surface area contributed by atoms with Crippen LogP contribution in [-0.2, 0) is 0 Å². The predicted molar refractivity (Wildman–Crippen MR) is 217 cm³/mol. The van der Waals surface area contributed by atoms with E-state index in [-0.39, 0.29) is 0 Å². The Balaban J connectivity index is 1.12. The molecule has 52 heavy (non-hydrogen) atoms. The first-order valence-corrected chi connectivity index (χ1v) is 17.7. The van der Waals surface area contributed by atoms with Crippen LogP contribution in [0, 0.1) is 0 Å². The first-order chi connectivity index (χ1) is 25.8. The van der Waals surface area contributed by atoms with Gasteiger partial charge in [0.1, 0.15) is 11.2 Å². The van der Waals surface area contributed by atoms with Crippen LogP contribution < -0.4 is 0 Å². The molecule has 0 aliphatic heterocycles. The summed E-state index contributed by atoms with van der Waals surface area (Å²) >= 11 is 0.